The van der Waals surface area contributed by atoms with Crippen LogP contribution in [0.5, 0.6) is 5.75 Å². The first-order chi connectivity index (χ1) is 12.7. The lowest BCUT2D eigenvalue weighted by atomic mass is 10.1. The number of carbonyl (C=O) groups is 1. The molecule has 0 unspecified atom stereocenters. The second kappa shape index (κ2) is 7.25. The fourth-order valence-electron chi connectivity index (χ4n) is 2.90. The van der Waals surface area contributed by atoms with Gasteiger partial charge in [0.15, 0.2) is 11.8 Å². The number of hydrogen-bond acceptors (Lipinski definition) is 4. The van der Waals surface area contributed by atoms with Gasteiger partial charge >= 0.3 is 0 Å². The van der Waals surface area contributed by atoms with E-state index in [1.165, 1.54) is 0 Å². The first kappa shape index (κ1) is 16.7. The van der Waals surface area contributed by atoms with Crippen molar-refractivity contribution < 1.29 is 9.53 Å². The predicted octanol–water partition coefficient (Wildman–Crippen LogP) is 3.98. The van der Waals surface area contributed by atoms with Gasteiger partial charge in [0.1, 0.15) is 5.75 Å². The van der Waals surface area contributed by atoms with Gasteiger partial charge in [-0.25, -0.2) is 4.98 Å². The quantitative estimate of drug-likeness (QED) is 0.743. The predicted molar refractivity (Wildman–Crippen MR) is 104 cm³/mol. The van der Waals surface area contributed by atoms with Crippen molar-refractivity contribution in [3.8, 4) is 17.0 Å². The Hall–Kier alpha value is -2.73. The highest BCUT2D eigenvalue weighted by atomic mass is 32.2. The fraction of sp³-hybridized carbons (Fsp3) is 0.200. The van der Waals surface area contributed by atoms with E-state index in [2.05, 4.69) is 14.9 Å². The largest absolute Gasteiger partial charge is 0.483 e. The number of imidazole rings is 1. The zero-order valence-corrected chi connectivity index (χ0v) is 15.3. The van der Waals surface area contributed by atoms with Crippen LogP contribution in [0.3, 0.4) is 0 Å². The summed E-state index contributed by atoms with van der Waals surface area (Å²) in [4.78, 5) is 17.0. The molecule has 0 spiro atoms. The van der Waals surface area contributed by atoms with Crippen molar-refractivity contribution in [1.82, 2.24) is 9.55 Å². The van der Waals surface area contributed by atoms with Gasteiger partial charge in [-0.3, -0.25) is 4.79 Å². The number of aromatic nitrogens is 2. The molecule has 4 rings (SSSR count). The molecular formula is C20H19N3O2S. The van der Waals surface area contributed by atoms with E-state index >= 15 is 0 Å². The molecule has 5 nitrogen and oxygen atoms in total. The highest BCUT2D eigenvalue weighted by Crippen LogP contribution is 2.32. The first-order valence-corrected chi connectivity index (χ1v) is 9.47. The Morgan fingerprint density at radius 1 is 1.23 bits per heavy atom. The standard InChI is InChI=1S/C20H19N3O2S/c1-14-6-2-5-9-18(14)25-13-19(24)21-16-8-4-3-7-15(16)17-12-23-10-11-26-20(23)22-17/h2-9,12H,10-11,13H2,1H3,(H,21,24). The Morgan fingerprint density at radius 2 is 2.04 bits per heavy atom. The number of rotatable bonds is 5. The summed E-state index contributed by atoms with van der Waals surface area (Å²) >= 11 is 1.75. The maximum Gasteiger partial charge on any atom is 0.262 e. The van der Waals surface area contributed by atoms with Crippen LogP contribution in [-0.4, -0.2) is 27.8 Å². The molecule has 2 aromatic carbocycles. The van der Waals surface area contributed by atoms with Crippen molar-refractivity contribution in [3.05, 3.63) is 60.3 Å². The Bertz CT molecular complexity index is 930. The lowest BCUT2D eigenvalue weighted by Crippen LogP contribution is -2.20. The number of ether oxygens (including phenoxy) is 1. The van der Waals surface area contributed by atoms with E-state index in [0.717, 1.165) is 45.7 Å². The number of benzene rings is 2. The van der Waals surface area contributed by atoms with E-state index in [1.807, 2.05) is 61.7 Å². The van der Waals surface area contributed by atoms with E-state index < -0.39 is 0 Å². The average molecular weight is 365 g/mol. The molecule has 26 heavy (non-hydrogen) atoms. The molecule has 1 aliphatic rings. The Labute approximate surface area is 156 Å². The van der Waals surface area contributed by atoms with Crippen LogP contribution in [0, 0.1) is 6.92 Å². The molecule has 2 heterocycles. The number of amides is 1. The van der Waals surface area contributed by atoms with Crippen molar-refractivity contribution >= 4 is 23.4 Å². The molecule has 132 valence electrons. The second-order valence-corrected chi connectivity index (χ2v) is 7.16. The minimum absolute atomic E-state index is 0.0330. The molecule has 3 aromatic rings. The summed E-state index contributed by atoms with van der Waals surface area (Å²) in [5.74, 6) is 1.59. The van der Waals surface area contributed by atoms with E-state index in [1.54, 1.807) is 11.8 Å². The van der Waals surface area contributed by atoms with Gasteiger partial charge in [-0.1, -0.05) is 48.2 Å². The summed E-state index contributed by atoms with van der Waals surface area (Å²) in [7, 11) is 0. The first-order valence-electron chi connectivity index (χ1n) is 8.48. The van der Waals surface area contributed by atoms with Gasteiger partial charge < -0.3 is 14.6 Å². The summed E-state index contributed by atoms with van der Waals surface area (Å²) < 4.78 is 7.78. The molecule has 1 N–H and O–H groups in total. The minimum Gasteiger partial charge on any atom is -0.483 e. The van der Waals surface area contributed by atoms with Crippen molar-refractivity contribution in [1.29, 1.82) is 0 Å². The third-order valence-corrected chi connectivity index (χ3v) is 5.20. The van der Waals surface area contributed by atoms with Crippen molar-refractivity contribution in [2.75, 3.05) is 17.7 Å². The molecule has 0 radical (unpaired) electrons. The van der Waals surface area contributed by atoms with Crippen molar-refractivity contribution in [2.45, 2.75) is 18.6 Å². The van der Waals surface area contributed by atoms with E-state index in [0.29, 0.717) is 0 Å². The lowest BCUT2D eigenvalue weighted by molar-refractivity contribution is -0.118. The number of fused-ring (bicyclic) bond motifs is 1. The third-order valence-electron chi connectivity index (χ3n) is 4.23. The van der Waals surface area contributed by atoms with E-state index in [9.17, 15) is 4.79 Å². The van der Waals surface area contributed by atoms with Gasteiger partial charge in [-0.05, 0) is 24.6 Å². The summed E-state index contributed by atoms with van der Waals surface area (Å²) in [6.45, 7) is 2.90. The summed E-state index contributed by atoms with van der Waals surface area (Å²) in [5, 5.41) is 3.97. The fourth-order valence-corrected chi connectivity index (χ4v) is 3.85. The monoisotopic (exact) mass is 365 g/mol. The maximum absolute atomic E-state index is 12.4. The van der Waals surface area contributed by atoms with Crippen LogP contribution in [0.2, 0.25) is 0 Å². The van der Waals surface area contributed by atoms with Crippen LogP contribution in [0.4, 0.5) is 5.69 Å². The minimum atomic E-state index is -0.193. The molecule has 0 saturated carbocycles. The van der Waals surface area contributed by atoms with Crippen LogP contribution >= 0.6 is 11.8 Å². The molecule has 0 bridgehead atoms. The Morgan fingerprint density at radius 3 is 2.88 bits per heavy atom. The maximum atomic E-state index is 12.4. The van der Waals surface area contributed by atoms with Gasteiger partial charge in [0.25, 0.3) is 5.91 Å². The van der Waals surface area contributed by atoms with Gasteiger partial charge in [-0.2, -0.15) is 0 Å². The van der Waals surface area contributed by atoms with Crippen LogP contribution in [-0.2, 0) is 11.3 Å². The van der Waals surface area contributed by atoms with Crippen molar-refractivity contribution in [3.63, 3.8) is 0 Å². The molecule has 6 heteroatoms. The molecule has 0 atom stereocenters. The molecule has 1 amide bonds. The van der Waals surface area contributed by atoms with Gasteiger partial charge in [-0.15, -0.1) is 0 Å². The van der Waals surface area contributed by atoms with Crippen LogP contribution in [0.25, 0.3) is 11.3 Å². The third kappa shape index (κ3) is 3.46. The number of anilines is 1. The summed E-state index contributed by atoms with van der Waals surface area (Å²) in [5.41, 5.74) is 3.54. The smallest absolute Gasteiger partial charge is 0.262 e. The zero-order valence-electron chi connectivity index (χ0n) is 14.4. The highest BCUT2D eigenvalue weighted by molar-refractivity contribution is 7.99. The SMILES string of the molecule is Cc1ccccc1OCC(=O)Nc1ccccc1-c1cn2c(n1)SCC2. The normalized spacial score (nSPS) is 12.7. The van der Waals surface area contributed by atoms with Gasteiger partial charge in [0.2, 0.25) is 0 Å². The summed E-state index contributed by atoms with van der Waals surface area (Å²) in [6.07, 6.45) is 2.05. The number of aryl methyl sites for hydroxylation is 2. The second-order valence-electron chi connectivity index (χ2n) is 6.10. The van der Waals surface area contributed by atoms with Crippen LogP contribution in [0.15, 0.2) is 59.9 Å². The number of hydrogen-bond donors (Lipinski definition) is 1. The molecule has 0 aliphatic carbocycles. The molecule has 0 fully saturated rings. The molecule has 0 saturated heterocycles. The van der Waals surface area contributed by atoms with E-state index in [-0.39, 0.29) is 12.5 Å². The number of carbonyl (C=O) groups excluding carboxylic acids is 1. The molecular weight excluding hydrogens is 346 g/mol. The van der Waals surface area contributed by atoms with Crippen molar-refractivity contribution in [2.24, 2.45) is 0 Å². The number of thioether (sulfide) groups is 1. The number of nitrogens with one attached hydrogen (secondary N) is 1. The van der Waals surface area contributed by atoms with Gasteiger partial charge in [0.05, 0.1) is 11.4 Å². The Balaban J connectivity index is 1.48. The average Bonchev–Trinajstić information content (AvgIpc) is 3.23. The zero-order chi connectivity index (χ0) is 17.9. The summed E-state index contributed by atoms with van der Waals surface area (Å²) in [6, 6.07) is 15.4. The topological polar surface area (TPSA) is 56.1 Å². The number of para-hydroxylation sites is 2. The Kier molecular flexibility index (Phi) is 4.67. The van der Waals surface area contributed by atoms with Crippen LogP contribution in [0.1, 0.15) is 5.56 Å². The van der Waals surface area contributed by atoms with Crippen LogP contribution < -0.4 is 10.1 Å². The van der Waals surface area contributed by atoms with Gasteiger partial charge in [0, 0.05) is 24.1 Å². The highest BCUT2D eigenvalue weighted by Gasteiger charge is 2.17. The number of nitrogens with zero attached hydrogens (tertiary/aromatic N) is 2. The molecule has 1 aliphatic heterocycles. The molecule has 1 aromatic heterocycles. The van der Waals surface area contributed by atoms with E-state index in [4.69, 9.17) is 4.74 Å². The lowest BCUT2D eigenvalue weighted by Gasteiger charge is -2.11.